The molecule has 208 valence electrons. The number of aromatic hydroxyl groups is 1. The van der Waals surface area contributed by atoms with Crippen LogP contribution in [-0.4, -0.2) is 55.9 Å². The number of imide groups is 2. The van der Waals surface area contributed by atoms with Gasteiger partial charge in [0.05, 0.1) is 30.1 Å². The van der Waals surface area contributed by atoms with Crippen LogP contribution >= 0.6 is 61.7 Å². The highest BCUT2D eigenvalue weighted by Gasteiger charge is 2.76. The molecule has 12 heteroatoms. The zero-order valence-corrected chi connectivity index (χ0v) is 26.2. The van der Waals surface area contributed by atoms with Gasteiger partial charge in [-0.25, -0.2) is 0 Å². The van der Waals surface area contributed by atoms with Crippen molar-refractivity contribution in [3.05, 3.63) is 63.2 Å². The second-order valence-electron chi connectivity index (χ2n) is 10.4. The summed E-state index contributed by atoms with van der Waals surface area (Å²) in [5.41, 5.74) is 1.54. The molecule has 0 aromatic heterocycles. The van der Waals surface area contributed by atoms with Crippen molar-refractivity contribution in [2.75, 3.05) is 17.5 Å². The number of ether oxygens (including phenoxy) is 1. The molecule has 2 aliphatic carbocycles. The molecule has 1 N–H and O–H groups in total. The standard InChI is InChI=1S/C28H22BrCl2IN2O6/c1-40-20-10-13(2-9-19(20)35)22-16-7-8-17-21(24(37)34(23(17)36)15-5-3-14(32)4-6-15)18(16)11-27(30)25(38)33(12-29)26(39)28(22,27)31/h2-7,9-10,17-18,21-22,35H,8,11-12H2,1H3/t17-,18+,21-,22-,27+,28-/m0/s1. The van der Waals surface area contributed by atoms with Crippen LogP contribution in [0.25, 0.3) is 0 Å². The quantitative estimate of drug-likeness (QED) is 0.156. The van der Waals surface area contributed by atoms with Crippen molar-refractivity contribution in [2.45, 2.75) is 28.5 Å². The molecule has 0 bridgehead atoms. The third kappa shape index (κ3) is 3.61. The van der Waals surface area contributed by atoms with E-state index in [-0.39, 0.29) is 41.6 Å². The van der Waals surface area contributed by atoms with Crippen molar-refractivity contribution >= 4 is 91.0 Å². The van der Waals surface area contributed by atoms with Crippen LogP contribution in [0, 0.1) is 21.3 Å². The number of carbonyl (C=O) groups excluding carboxylic acids is 4. The van der Waals surface area contributed by atoms with Crippen LogP contribution in [0.1, 0.15) is 24.3 Å². The predicted molar refractivity (Wildman–Crippen MR) is 160 cm³/mol. The number of alkyl halides is 3. The lowest BCUT2D eigenvalue weighted by Crippen LogP contribution is -2.60. The zero-order chi connectivity index (χ0) is 28.7. The zero-order valence-electron chi connectivity index (χ0n) is 20.9. The fourth-order valence-electron chi connectivity index (χ4n) is 6.85. The van der Waals surface area contributed by atoms with Crippen molar-refractivity contribution in [3.63, 3.8) is 0 Å². The molecule has 6 atom stereocenters. The summed E-state index contributed by atoms with van der Waals surface area (Å²) in [6.07, 6.45) is 2.04. The fourth-order valence-corrected chi connectivity index (χ4v) is 8.63. The van der Waals surface area contributed by atoms with E-state index >= 15 is 0 Å². The van der Waals surface area contributed by atoms with E-state index in [1.807, 2.05) is 18.2 Å². The number of benzene rings is 2. The van der Waals surface area contributed by atoms with Gasteiger partial charge in [0.15, 0.2) is 21.2 Å². The summed E-state index contributed by atoms with van der Waals surface area (Å²) in [5.74, 6) is -4.95. The van der Waals surface area contributed by atoms with E-state index in [0.717, 1.165) is 8.47 Å². The van der Waals surface area contributed by atoms with Crippen LogP contribution in [0.3, 0.4) is 0 Å². The maximum absolute atomic E-state index is 14.0. The Balaban J connectivity index is 1.52. The summed E-state index contributed by atoms with van der Waals surface area (Å²) < 4.78 is 6.29. The number of carbonyl (C=O) groups is 4. The summed E-state index contributed by atoms with van der Waals surface area (Å²) >= 11 is 19.8. The Hall–Kier alpha value is -2.15. The van der Waals surface area contributed by atoms with Crippen molar-refractivity contribution in [1.82, 2.24) is 4.90 Å². The Morgan fingerprint density at radius 2 is 1.75 bits per heavy atom. The molecule has 3 fully saturated rings. The van der Waals surface area contributed by atoms with Crippen molar-refractivity contribution in [3.8, 4) is 11.5 Å². The van der Waals surface area contributed by atoms with Gasteiger partial charge in [0.2, 0.25) is 11.8 Å². The molecular formula is C28H22BrCl2IN2O6. The summed E-state index contributed by atoms with van der Waals surface area (Å²) in [6.45, 7) is 0. The Morgan fingerprint density at radius 3 is 2.40 bits per heavy atom. The van der Waals surface area contributed by atoms with Gasteiger partial charge in [0, 0.05) is 9.49 Å². The molecule has 0 spiro atoms. The number of fused-ring (bicyclic) bond motifs is 4. The number of amides is 4. The number of likely N-dealkylation sites (tertiary alicyclic amines) is 1. The van der Waals surface area contributed by atoms with E-state index < -0.39 is 45.2 Å². The number of hydrogen-bond acceptors (Lipinski definition) is 6. The van der Waals surface area contributed by atoms with Crippen LogP contribution < -0.4 is 9.64 Å². The molecule has 6 rings (SSSR count). The van der Waals surface area contributed by atoms with E-state index in [1.54, 1.807) is 24.3 Å². The molecule has 1 saturated carbocycles. The lowest BCUT2D eigenvalue weighted by molar-refractivity contribution is -0.138. The Kier molecular flexibility index (Phi) is 6.79. The predicted octanol–water partition coefficient (Wildman–Crippen LogP) is 4.92. The number of hydrogen-bond donors (Lipinski definition) is 1. The minimum absolute atomic E-state index is 0.0929. The lowest BCUT2D eigenvalue weighted by atomic mass is 9.56. The Bertz CT molecular complexity index is 1520. The molecule has 0 unspecified atom stereocenters. The molecular weight excluding hydrogens is 738 g/mol. The molecule has 0 radical (unpaired) electrons. The molecule has 40 heavy (non-hydrogen) atoms. The van der Waals surface area contributed by atoms with E-state index in [0.29, 0.717) is 16.8 Å². The minimum atomic E-state index is -1.92. The number of nitrogens with zero attached hydrogens (tertiary/aromatic N) is 2. The molecule has 2 heterocycles. The summed E-state index contributed by atoms with van der Waals surface area (Å²) in [6, 6.07) is 11.7. The average Bonchev–Trinajstić information content (AvgIpc) is 3.27. The van der Waals surface area contributed by atoms with Crippen LogP contribution in [0.5, 0.6) is 11.5 Å². The van der Waals surface area contributed by atoms with Crippen molar-refractivity contribution < 1.29 is 29.0 Å². The van der Waals surface area contributed by atoms with Crippen molar-refractivity contribution in [1.29, 1.82) is 0 Å². The van der Waals surface area contributed by atoms with E-state index in [4.69, 9.17) is 27.9 Å². The van der Waals surface area contributed by atoms with Crippen molar-refractivity contribution in [2.24, 2.45) is 17.8 Å². The molecule has 2 aromatic carbocycles. The van der Waals surface area contributed by atoms with Crippen LogP contribution in [0.15, 0.2) is 54.1 Å². The smallest absolute Gasteiger partial charge is 0.254 e. The number of rotatable bonds is 4. The van der Waals surface area contributed by atoms with Gasteiger partial charge in [-0.15, -0.1) is 23.2 Å². The van der Waals surface area contributed by atoms with E-state index in [9.17, 15) is 24.3 Å². The SMILES string of the molecule is COc1cc([C@H]2C3=CC[C@@H]4C(=O)N(c5ccc(I)cc5)C(=O)[C@@H]4[C@@H]3C[C@@]3(Cl)C(=O)N(CBr)C(=O)[C@@]23Cl)ccc1O. The molecule has 2 aliphatic heterocycles. The van der Waals surface area contributed by atoms with Crippen LogP contribution in [0.2, 0.25) is 0 Å². The second kappa shape index (κ2) is 9.71. The highest BCUT2D eigenvalue weighted by atomic mass is 127. The van der Waals surface area contributed by atoms with Crippen LogP contribution in [-0.2, 0) is 19.2 Å². The van der Waals surface area contributed by atoms with Gasteiger partial charge in [0.1, 0.15) is 0 Å². The third-order valence-electron chi connectivity index (χ3n) is 8.64. The first-order valence-electron chi connectivity index (χ1n) is 12.5. The molecule has 8 nitrogen and oxygen atoms in total. The first-order valence-corrected chi connectivity index (χ1v) is 15.5. The van der Waals surface area contributed by atoms with Gasteiger partial charge < -0.3 is 9.84 Å². The maximum Gasteiger partial charge on any atom is 0.254 e. The van der Waals surface area contributed by atoms with E-state index in [2.05, 4.69) is 38.5 Å². The number of allylic oxidation sites excluding steroid dienone is 2. The Morgan fingerprint density at radius 1 is 1.05 bits per heavy atom. The molecule has 4 amide bonds. The van der Waals surface area contributed by atoms with Gasteiger partial charge in [-0.2, -0.15) is 0 Å². The minimum Gasteiger partial charge on any atom is -0.504 e. The molecule has 4 aliphatic rings. The number of anilines is 1. The Labute approximate surface area is 261 Å². The van der Waals surface area contributed by atoms with Gasteiger partial charge in [-0.1, -0.05) is 33.6 Å². The highest BCUT2D eigenvalue weighted by Crippen LogP contribution is 2.65. The monoisotopic (exact) mass is 758 g/mol. The summed E-state index contributed by atoms with van der Waals surface area (Å²) in [7, 11) is 1.40. The number of phenolic OH excluding ortho intramolecular Hbond substituents is 1. The topological polar surface area (TPSA) is 104 Å². The molecule has 2 saturated heterocycles. The summed E-state index contributed by atoms with van der Waals surface area (Å²) in [4.78, 5) is 53.5. The molecule has 2 aromatic rings. The number of methoxy groups -OCH3 is 1. The second-order valence-corrected chi connectivity index (χ2v) is 13.4. The normalized spacial score (nSPS) is 33.1. The number of halogens is 4. The largest absolute Gasteiger partial charge is 0.504 e. The van der Waals surface area contributed by atoms with Gasteiger partial charge in [-0.05, 0) is 83.3 Å². The van der Waals surface area contributed by atoms with Gasteiger partial charge >= 0.3 is 0 Å². The lowest BCUT2D eigenvalue weighted by Gasteiger charge is -2.50. The first-order chi connectivity index (χ1) is 19.0. The average molecular weight is 760 g/mol. The summed E-state index contributed by atoms with van der Waals surface area (Å²) in [5, 5.41) is 10.3. The fraction of sp³-hybridized carbons (Fsp3) is 0.357. The van der Waals surface area contributed by atoms with Crippen LogP contribution in [0.4, 0.5) is 5.69 Å². The van der Waals surface area contributed by atoms with Gasteiger partial charge in [-0.3, -0.25) is 29.0 Å². The highest BCUT2D eigenvalue weighted by molar-refractivity contribution is 14.1. The van der Waals surface area contributed by atoms with Gasteiger partial charge in [0.25, 0.3) is 11.8 Å². The maximum atomic E-state index is 14.0. The first kappa shape index (κ1) is 28.0. The van der Waals surface area contributed by atoms with E-state index in [1.165, 1.54) is 18.1 Å². The third-order valence-corrected chi connectivity index (χ3v) is 11.3. The number of phenols is 1.